The van der Waals surface area contributed by atoms with Gasteiger partial charge in [0.15, 0.2) is 5.76 Å². The van der Waals surface area contributed by atoms with Crippen LogP contribution in [0.2, 0.25) is 0 Å². The highest BCUT2D eigenvalue weighted by Crippen LogP contribution is 2.27. The van der Waals surface area contributed by atoms with E-state index in [-0.39, 0.29) is 17.0 Å². The number of methoxy groups -OCH3 is 1. The number of benzene rings is 1. The fourth-order valence-electron chi connectivity index (χ4n) is 3.04. The molecule has 7 nitrogen and oxygen atoms in total. The summed E-state index contributed by atoms with van der Waals surface area (Å²) < 4.78 is 38.7. The summed E-state index contributed by atoms with van der Waals surface area (Å²) in [6, 6.07) is 8.35. The molecule has 0 spiro atoms. The molecule has 1 saturated heterocycles. The van der Waals surface area contributed by atoms with E-state index in [1.165, 1.54) is 6.20 Å². The Balaban J connectivity index is 1.84. The summed E-state index contributed by atoms with van der Waals surface area (Å²) in [6.45, 7) is 1.59. The molecule has 2 heterocycles. The minimum atomic E-state index is -3.69. The summed E-state index contributed by atoms with van der Waals surface area (Å²) in [6.07, 6.45) is 3.36. The Hall–Kier alpha value is -1.74. The Bertz CT molecular complexity index is 768. The number of ether oxygens (including phenoxy) is 1. The van der Waals surface area contributed by atoms with E-state index in [4.69, 9.17) is 9.26 Å². The predicted octanol–water partition coefficient (Wildman–Crippen LogP) is 1.39. The first-order valence-corrected chi connectivity index (χ1v) is 9.28. The smallest absolute Gasteiger partial charge is 0.241 e. The number of hydrogen-bond donors (Lipinski definition) is 2. The third kappa shape index (κ3) is 3.51. The summed E-state index contributed by atoms with van der Waals surface area (Å²) in [5.41, 5.74) is 0.130. The van der Waals surface area contributed by atoms with Crippen LogP contribution >= 0.6 is 0 Å². The van der Waals surface area contributed by atoms with Crippen LogP contribution in [0.5, 0.6) is 0 Å². The average molecular weight is 351 g/mol. The Labute approximate surface area is 141 Å². The van der Waals surface area contributed by atoms with E-state index in [1.54, 1.807) is 37.4 Å². The second-order valence-corrected chi connectivity index (χ2v) is 7.68. The number of nitrogens with zero attached hydrogens (tertiary/aromatic N) is 1. The van der Waals surface area contributed by atoms with Crippen LogP contribution < -0.4 is 10.0 Å². The lowest BCUT2D eigenvalue weighted by molar-refractivity contribution is 0.122. The van der Waals surface area contributed by atoms with Crippen LogP contribution in [0, 0.1) is 0 Å². The van der Waals surface area contributed by atoms with Gasteiger partial charge >= 0.3 is 0 Å². The summed E-state index contributed by atoms with van der Waals surface area (Å²) in [7, 11) is -2.07. The lowest BCUT2D eigenvalue weighted by Gasteiger charge is -2.29. The zero-order valence-corrected chi connectivity index (χ0v) is 14.3. The standard InChI is InChI=1S/C16H21N3O4S/c1-22-12-16(8-4-9-17-16)11-19-24(20,21)15-6-3-2-5-13(15)14-7-10-18-23-14/h2-3,5-7,10,17,19H,4,8-9,11-12H2,1H3. The van der Waals surface area contributed by atoms with Gasteiger partial charge in [-0.1, -0.05) is 17.3 Å². The van der Waals surface area contributed by atoms with E-state index in [0.29, 0.717) is 17.9 Å². The van der Waals surface area contributed by atoms with Gasteiger partial charge in [0.25, 0.3) is 0 Å². The van der Waals surface area contributed by atoms with Crippen LogP contribution in [0.1, 0.15) is 12.8 Å². The number of aromatic nitrogens is 1. The second kappa shape index (κ2) is 7.02. The van der Waals surface area contributed by atoms with Gasteiger partial charge in [0.05, 0.1) is 23.2 Å². The molecule has 1 aromatic carbocycles. The first-order chi connectivity index (χ1) is 11.6. The molecule has 130 valence electrons. The molecule has 24 heavy (non-hydrogen) atoms. The molecular weight excluding hydrogens is 330 g/mol. The Morgan fingerprint density at radius 3 is 2.88 bits per heavy atom. The highest BCUT2D eigenvalue weighted by atomic mass is 32.2. The topological polar surface area (TPSA) is 93.5 Å². The zero-order chi connectivity index (χ0) is 17.0. The van der Waals surface area contributed by atoms with Crippen LogP contribution in [0.3, 0.4) is 0 Å². The summed E-state index contributed by atoms with van der Waals surface area (Å²) in [5.74, 6) is 0.418. The van der Waals surface area contributed by atoms with Gasteiger partial charge in [0.1, 0.15) is 0 Å². The van der Waals surface area contributed by atoms with Crippen molar-refractivity contribution in [1.29, 1.82) is 0 Å². The maximum absolute atomic E-state index is 12.8. The van der Waals surface area contributed by atoms with Crippen molar-refractivity contribution in [2.24, 2.45) is 0 Å². The molecule has 3 rings (SSSR count). The van der Waals surface area contributed by atoms with Crippen LogP contribution in [0.15, 0.2) is 45.9 Å². The molecule has 0 bridgehead atoms. The van der Waals surface area contributed by atoms with E-state index in [2.05, 4.69) is 15.2 Å². The maximum atomic E-state index is 12.8. The van der Waals surface area contributed by atoms with E-state index in [9.17, 15) is 8.42 Å². The Morgan fingerprint density at radius 1 is 1.38 bits per heavy atom. The molecule has 1 aromatic heterocycles. The van der Waals surface area contributed by atoms with Crippen LogP contribution in [-0.4, -0.2) is 45.9 Å². The van der Waals surface area contributed by atoms with Gasteiger partial charge in [0.2, 0.25) is 10.0 Å². The maximum Gasteiger partial charge on any atom is 0.241 e. The monoisotopic (exact) mass is 351 g/mol. The summed E-state index contributed by atoms with van der Waals surface area (Å²) >= 11 is 0. The third-order valence-electron chi connectivity index (χ3n) is 4.23. The van der Waals surface area contributed by atoms with E-state index in [1.807, 2.05) is 0 Å². The molecular formula is C16H21N3O4S. The minimum absolute atomic E-state index is 0.173. The largest absolute Gasteiger partial charge is 0.383 e. The molecule has 1 unspecified atom stereocenters. The van der Waals surface area contributed by atoms with Crippen LogP contribution in [0.4, 0.5) is 0 Å². The van der Waals surface area contributed by atoms with Crippen molar-refractivity contribution in [3.8, 4) is 11.3 Å². The van der Waals surface area contributed by atoms with Gasteiger partial charge in [-0.15, -0.1) is 0 Å². The lowest BCUT2D eigenvalue weighted by Crippen LogP contribution is -2.52. The fraction of sp³-hybridized carbons (Fsp3) is 0.438. The number of sulfonamides is 1. The Morgan fingerprint density at radius 2 is 2.21 bits per heavy atom. The quantitative estimate of drug-likeness (QED) is 0.783. The first-order valence-electron chi connectivity index (χ1n) is 7.80. The number of rotatable bonds is 7. The van der Waals surface area contributed by atoms with Crippen molar-refractivity contribution in [2.45, 2.75) is 23.3 Å². The van der Waals surface area contributed by atoms with Crippen LogP contribution in [0.25, 0.3) is 11.3 Å². The van der Waals surface area contributed by atoms with Gasteiger partial charge in [-0.3, -0.25) is 0 Å². The predicted molar refractivity (Wildman–Crippen MR) is 89.0 cm³/mol. The number of hydrogen-bond acceptors (Lipinski definition) is 6. The average Bonchev–Trinajstić information content (AvgIpc) is 3.26. The minimum Gasteiger partial charge on any atom is -0.383 e. The molecule has 8 heteroatoms. The van der Waals surface area contributed by atoms with Crippen molar-refractivity contribution in [3.05, 3.63) is 36.5 Å². The summed E-state index contributed by atoms with van der Waals surface area (Å²) in [4.78, 5) is 0.173. The molecule has 0 aliphatic carbocycles. The number of nitrogens with one attached hydrogen (secondary N) is 2. The van der Waals surface area contributed by atoms with Crippen molar-refractivity contribution >= 4 is 10.0 Å². The molecule has 2 aromatic rings. The molecule has 0 radical (unpaired) electrons. The third-order valence-corrected chi connectivity index (χ3v) is 5.69. The molecule has 1 fully saturated rings. The van der Waals surface area contributed by atoms with Gasteiger partial charge in [0, 0.05) is 25.3 Å². The van der Waals surface area contributed by atoms with E-state index >= 15 is 0 Å². The normalized spacial score (nSPS) is 21.2. The highest BCUT2D eigenvalue weighted by molar-refractivity contribution is 7.89. The SMILES string of the molecule is COCC1(CNS(=O)(=O)c2ccccc2-c2ccno2)CCCN1. The van der Waals surface area contributed by atoms with Crippen molar-refractivity contribution in [3.63, 3.8) is 0 Å². The van der Waals surface area contributed by atoms with E-state index in [0.717, 1.165) is 19.4 Å². The van der Waals surface area contributed by atoms with Gasteiger partial charge in [-0.25, -0.2) is 13.1 Å². The lowest BCUT2D eigenvalue weighted by atomic mass is 9.99. The molecule has 1 atom stereocenters. The molecule has 1 aliphatic heterocycles. The summed E-state index contributed by atoms with van der Waals surface area (Å²) in [5, 5.41) is 7.01. The fourth-order valence-corrected chi connectivity index (χ4v) is 4.38. The molecule has 2 N–H and O–H groups in total. The van der Waals surface area contributed by atoms with Gasteiger partial charge in [-0.05, 0) is 31.5 Å². The molecule has 1 aliphatic rings. The second-order valence-electron chi connectivity index (χ2n) is 5.94. The Kier molecular flexibility index (Phi) is 5.00. The first kappa shape index (κ1) is 17.1. The highest BCUT2D eigenvalue weighted by Gasteiger charge is 2.35. The van der Waals surface area contributed by atoms with Gasteiger partial charge in [-0.2, -0.15) is 0 Å². The van der Waals surface area contributed by atoms with Crippen molar-refractivity contribution < 1.29 is 17.7 Å². The van der Waals surface area contributed by atoms with Crippen molar-refractivity contribution in [1.82, 2.24) is 15.2 Å². The van der Waals surface area contributed by atoms with E-state index < -0.39 is 10.0 Å². The zero-order valence-electron chi connectivity index (χ0n) is 13.5. The van der Waals surface area contributed by atoms with Crippen LogP contribution in [-0.2, 0) is 14.8 Å². The molecule has 0 amide bonds. The van der Waals surface area contributed by atoms with Gasteiger partial charge < -0.3 is 14.6 Å². The molecule has 0 saturated carbocycles. The van der Waals surface area contributed by atoms with Crippen molar-refractivity contribution in [2.75, 3.05) is 26.8 Å².